The highest BCUT2D eigenvalue weighted by Crippen LogP contribution is 2.28. The van der Waals surface area contributed by atoms with Crippen molar-refractivity contribution in [1.29, 1.82) is 0 Å². The first-order valence-electron chi connectivity index (χ1n) is 5.35. The van der Waals surface area contributed by atoms with Crippen molar-refractivity contribution in [1.82, 2.24) is 0 Å². The van der Waals surface area contributed by atoms with Gasteiger partial charge >= 0.3 is 12.1 Å². The number of alkyl halides is 3. The van der Waals surface area contributed by atoms with Crippen LogP contribution in [0.3, 0.4) is 0 Å². The fraction of sp³-hybridized carbons (Fsp3) is 0.417. The van der Waals surface area contributed by atoms with E-state index in [1.54, 1.807) is 0 Å². The van der Waals surface area contributed by atoms with Crippen LogP contribution in [0, 0.1) is 5.82 Å². The molecule has 0 heterocycles. The van der Waals surface area contributed by atoms with Crippen molar-refractivity contribution >= 4 is 5.97 Å². The predicted octanol–water partition coefficient (Wildman–Crippen LogP) is 3.73. The zero-order chi connectivity index (χ0) is 13.8. The number of benzene rings is 1. The van der Waals surface area contributed by atoms with E-state index in [9.17, 15) is 22.4 Å². The van der Waals surface area contributed by atoms with Gasteiger partial charge in [0, 0.05) is 12.0 Å². The molecule has 1 N–H and O–H groups in total. The molecule has 1 rings (SSSR count). The van der Waals surface area contributed by atoms with E-state index in [0.29, 0.717) is 0 Å². The highest BCUT2D eigenvalue weighted by molar-refractivity contribution is 5.76. The minimum Gasteiger partial charge on any atom is -0.481 e. The molecule has 1 unspecified atom stereocenters. The van der Waals surface area contributed by atoms with E-state index in [1.165, 1.54) is 18.2 Å². The molecule has 0 saturated heterocycles. The first-order valence-corrected chi connectivity index (χ1v) is 5.35. The fourth-order valence-electron chi connectivity index (χ4n) is 1.68. The zero-order valence-electron chi connectivity index (χ0n) is 9.38. The van der Waals surface area contributed by atoms with Crippen molar-refractivity contribution in [2.75, 3.05) is 0 Å². The maximum Gasteiger partial charge on any atom is 0.389 e. The number of carboxylic acids is 1. The van der Waals surface area contributed by atoms with Crippen LogP contribution < -0.4 is 0 Å². The van der Waals surface area contributed by atoms with Gasteiger partial charge in [0.05, 0.1) is 5.92 Å². The van der Waals surface area contributed by atoms with Crippen LogP contribution >= 0.6 is 0 Å². The summed E-state index contributed by atoms with van der Waals surface area (Å²) in [5, 5.41) is 8.93. The number of carboxylic acid groups (broad SMARTS) is 1. The van der Waals surface area contributed by atoms with E-state index < -0.39 is 30.3 Å². The van der Waals surface area contributed by atoms with Gasteiger partial charge in [0.15, 0.2) is 0 Å². The molecule has 18 heavy (non-hydrogen) atoms. The van der Waals surface area contributed by atoms with Gasteiger partial charge in [0.25, 0.3) is 0 Å². The maximum absolute atomic E-state index is 13.4. The lowest BCUT2D eigenvalue weighted by molar-refractivity contribution is -0.142. The number of hydrogen-bond acceptors (Lipinski definition) is 1. The molecule has 6 heteroatoms. The largest absolute Gasteiger partial charge is 0.481 e. The third-order valence-electron chi connectivity index (χ3n) is 2.53. The Labute approximate surface area is 101 Å². The van der Waals surface area contributed by atoms with Crippen LogP contribution in [0.5, 0.6) is 0 Å². The number of rotatable bonds is 5. The molecule has 0 radical (unpaired) electrons. The van der Waals surface area contributed by atoms with Crippen molar-refractivity contribution in [2.24, 2.45) is 0 Å². The molecule has 2 nitrogen and oxygen atoms in total. The van der Waals surface area contributed by atoms with Gasteiger partial charge in [-0.2, -0.15) is 13.2 Å². The summed E-state index contributed by atoms with van der Waals surface area (Å²) in [6, 6.07) is 5.22. The number of carbonyl (C=O) groups is 1. The van der Waals surface area contributed by atoms with Gasteiger partial charge in [-0.05, 0) is 18.9 Å². The molecule has 0 fully saturated rings. The standard InChI is InChI=1S/C12H12F4O2/c13-10-6-2-1-4-8(10)9(11(17)18)5-3-7-12(14,15)16/h1-2,4,6,9H,3,5,7H2,(H,17,18). The summed E-state index contributed by atoms with van der Waals surface area (Å²) >= 11 is 0. The van der Waals surface area contributed by atoms with Crippen LogP contribution in [0.15, 0.2) is 24.3 Å². The van der Waals surface area contributed by atoms with Gasteiger partial charge < -0.3 is 5.11 Å². The van der Waals surface area contributed by atoms with Crippen LogP contribution in [0.4, 0.5) is 17.6 Å². The second-order valence-corrected chi connectivity index (χ2v) is 3.92. The van der Waals surface area contributed by atoms with Gasteiger partial charge in [-0.3, -0.25) is 4.79 Å². The highest BCUT2D eigenvalue weighted by atomic mass is 19.4. The molecule has 1 aromatic carbocycles. The van der Waals surface area contributed by atoms with Gasteiger partial charge in [0.2, 0.25) is 0 Å². The monoisotopic (exact) mass is 264 g/mol. The Bertz CT molecular complexity index is 415. The minimum atomic E-state index is -4.32. The van der Waals surface area contributed by atoms with Crippen LogP contribution in [0.25, 0.3) is 0 Å². The van der Waals surface area contributed by atoms with Crippen molar-refractivity contribution in [3.05, 3.63) is 35.6 Å². The zero-order valence-corrected chi connectivity index (χ0v) is 9.38. The Morgan fingerprint density at radius 3 is 2.39 bits per heavy atom. The van der Waals surface area contributed by atoms with E-state index in [2.05, 4.69) is 0 Å². The molecule has 0 spiro atoms. The Morgan fingerprint density at radius 1 is 1.28 bits per heavy atom. The smallest absolute Gasteiger partial charge is 0.389 e. The predicted molar refractivity (Wildman–Crippen MR) is 56.7 cm³/mol. The van der Waals surface area contributed by atoms with Gasteiger partial charge in [-0.15, -0.1) is 0 Å². The molecular weight excluding hydrogens is 252 g/mol. The number of hydrogen-bond donors (Lipinski definition) is 1. The van der Waals surface area contributed by atoms with Crippen LogP contribution in [0.2, 0.25) is 0 Å². The summed E-state index contributed by atoms with van der Waals surface area (Å²) in [7, 11) is 0. The molecule has 1 aromatic rings. The van der Waals surface area contributed by atoms with E-state index in [1.807, 2.05) is 0 Å². The lowest BCUT2D eigenvalue weighted by Gasteiger charge is -2.14. The van der Waals surface area contributed by atoms with E-state index >= 15 is 0 Å². The van der Waals surface area contributed by atoms with Gasteiger partial charge in [-0.1, -0.05) is 18.2 Å². The minimum absolute atomic E-state index is 0.0767. The average molecular weight is 264 g/mol. The molecule has 0 aliphatic heterocycles. The first kappa shape index (κ1) is 14.5. The Hall–Kier alpha value is -1.59. The van der Waals surface area contributed by atoms with Crippen LogP contribution in [-0.4, -0.2) is 17.3 Å². The number of aliphatic carboxylic acids is 1. The summed E-state index contributed by atoms with van der Waals surface area (Å²) in [5.41, 5.74) is -0.0767. The quantitative estimate of drug-likeness (QED) is 0.823. The molecule has 0 bridgehead atoms. The SMILES string of the molecule is O=C(O)C(CCCC(F)(F)F)c1ccccc1F. The lowest BCUT2D eigenvalue weighted by atomic mass is 9.93. The molecule has 0 aliphatic carbocycles. The molecule has 1 atom stereocenters. The average Bonchev–Trinajstić information content (AvgIpc) is 2.24. The van der Waals surface area contributed by atoms with Crippen LogP contribution in [-0.2, 0) is 4.79 Å². The summed E-state index contributed by atoms with van der Waals surface area (Å²) in [6.07, 6.45) is -5.96. The Balaban J connectivity index is 2.73. The van der Waals surface area contributed by atoms with E-state index in [0.717, 1.165) is 6.07 Å². The molecule has 0 aliphatic rings. The lowest BCUT2D eigenvalue weighted by Crippen LogP contribution is -2.15. The maximum atomic E-state index is 13.4. The second-order valence-electron chi connectivity index (χ2n) is 3.92. The summed E-state index contributed by atoms with van der Waals surface area (Å²) in [6.45, 7) is 0. The van der Waals surface area contributed by atoms with Gasteiger partial charge in [0.1, 0.15) is 5.82 Å². The normalized spacial score (nSPS) is 13.3. The summed E-state index contributed by atoms with van der Waals surface area (Å²) in [5.74, 6) is -3.27. The van der Waals surface area contributed by atoms with E-state index in [-0.39, 0.29) is 18.4 Å². The summed E-state index contributed by atoms with van der Waals surface area (Å²) in [4.78, 5) is 11.0. The Kier molecular flexibility index (Phi) is 4.69. The fourth-order valence-corrected chi connectivity index (χ4v) is 1.68. The van der Waals surface area contributed by atoms with Crippen molar-refractivity contribution < 1.29 is 27.5 Å². The molecule has 0 saturated carbocycles. The Morgan fingerprint density at radius 2 is 1.89 bits per heavy atom. The molecule has 0 amide bonds. The molecular formula is C12H12F4O2. The molecule has 0 aromatic heterocycles. The van der Waals surface area contributed by atoms with Crippen molar-refractivity contribution in [2.45, 2.75) is 31.4 Å². The van der Waals surface area contributed by atoms with Crippen molar-refractivity contribution in [3.8, 4) is 0 Å². The number of halogens is 4. The van der Waals surface area contributed by atoms with Crippen LogP contribution in [0.1, 0.15) is 30.7 Å². The summed E-state index contributed by atoms with van der Waals surface area (Å²) < 4.78 is 49.3. The third-order valence-corrected chi connectivity index (χ3v) is 2.53. The first-order chi connectivity index (χ1) is 8.31. The van der Waals surface area contributed by atoms with E-state index in [4.69, 9.17) is 5.11 Å². The molecule has 100 valence electrons. The topological polar surface area (TPSA) is 37.3 Å². The van der Waals surface area contributed by atoms with Gasteiger partial charge in [-0.25, -0.2) is 4.39 Å². The van der Waals surface area contributed by atoms with Crippen molar-refractivity contribution in [3.63, 3.8) is 0 Å². The highest BCUT2D eigenvalue weighted by Gasteiger charge is 2.29. The second kappa shape index (κ2) is 5.84. The third kappa shape index (κ3) is 4.35.